The number of nitrogens with one attached hydrogen (secondary N) is 2. The monoisotopic (exact) mass is 356 g/mol. The van der Waals surface area contributed by atoms with E-state index in [-0.39, 0.29) is 10.9 Å². The number of amides is 1. The topological polar surface area (TPSA) is 66.9 Å². The molecular weight excluding hydrogens is 343 g/mol. The number of pyridine rings is 2. The summed E-state index contributed by atoms with van der Waals surface area (Å²) in [7, 11) is 0. The summed E-state index contributed by atoms with van der Waals surface area (Å²) >= 11 is 5.70. The Labute approximate surface area is 148 Å². The van der Waals surface area contributed by atoms with E-state index in [1.54, 1.807) is 18.3 Å². The van der Waals surface area contributed by atoms with Crippen molar-refractivity contribution in [3.8, 4) is 0 Å². The lowest BCUT2D eigenvalue weighted by Gasteiger charge is -2.08. The van der Waals surface area contributed by atoms with Gasteiger partial charge in [-0.1, -0.05) is 17.7 Å². The fourth-order valence-corrected chi connectivity index (χ4v) is 2.27. The summed E-state index contributed by atoms with van der Waals surface area (Å²) < 4.78 is 13.1. The van der Waals surface area contributed by atoms with Crippen molar-refractivity contribution in [1.29, 1.82) is 0 Å². The number of halogens is 2. The third kappa shape index (κ3) is 4.51. The van der Waals surface area contributed by atoms with Gasteiger partial charge in [-0.3, -0.25) is 9.78 Å². The summed E-state index contributed by atoms with van der Waals surface area (Å²) in [6.07, 6.45) is 3.18. The Morgan fingerprint density at radius 3 is 2.68 bits per heavy atom. The van der Waals surface area contributed by atoms with E-state index < -0.39 is 5.82 Å². The number of rotatable bonds is 5. The van der Waals surface area contributed by atoms with Crippen molar-refractivity contribution in [3.63, 3.8) is 0 Å². The highest BCUT2D eigenvalue weighted by atomic mass is 35.5. The molecule has 0 aliphatic heterocycles. The fraction of sp³-hybridized carbons (Fsp3) is 0.0556. The molecule has 0 atom stereocenters. The largest absolute Gasteiger partial charge is 0.364 e. The zero-order valence-corrected chi connectivity index (χ0v) is 13.8. The molecule has 2 aromatic heterocycles. The van der Waals surface area contributed by atoms with Crippen molar-refractivity contribution in [2.24, 2.45) is 0 Å². The second kappa shape index (κ2) is 7.72. The van der Waals surface area contributed by atoms with Crippen LogP contribution in [0.4, 0.5) is 15.9 Å². The average Bonchev–Trinajstić information content (AvgIpc) is 2.64. The van der Waals surface area contributed by atoms with E-state index in [0.717, 1.165) is 5.69 Å². The Hall–Kier alpha value is -2.99. The highest BCUT2D eigenvalue weighted by Gasteiger charge is 2.08. The number of benzene rings is 1. The molecule has 0 saturated carbocycles. The predicted octanol–water partition coefficient (Wildman–Crippen LogP) is 4.13. The summed E-state index contributed by atoms with van der Waals surface area (Å²) in [5.41, 5.74) is 1.68. The van der Waals surface area contributed by atoms with Crippen molar-refractivity contribution < 1.29 is 9.18 Å². The van der Waals surface area contributed by atoms with Crippen LogP contribution in [-0.2, 0) is 6.54 Å². The van der Waals surface area contributed by atoms with E-state index in [0.29, 0.717) is 23.6 Å². The first-order valence-corrected chi connectivity index (χ1v) is 7.86. The Bertz CT molecular complexity index is 872. The van der Waals surface area contributed by atoms with Crippen LogP contribution in [0.2, 0.25) is 5.02 Å². The molecule has 0 unspecified atom stereocenters. The van der Waals surface area contributed by atoms with Gasteiger partial charge in [-0.05, 0) is 42.5 Å². The minimum Gasteiger partial charge on any atom is -0.364 e. The molecule has 25 heavy (non-hydrogen) atoms. The molecule has 0 bridgehead atoms. The van der Waals surface area contributed by atoms with Gasteiger partial charge in [-0.2, -0.15) is 0 Å². The van der Waals surface area contributed by atoms with Gasteiger partial charge in [-0.25, -0.2) is 9.37 Å². The van der Waals surface area contributed by atoms with Gasteiger partial charge in [-0.15, -0.1) is 0 Å². The van der Waals surface area contributed by atoms with Crippen LogP contribution in [0.1, 0.15) is 16.1 Å². The molecule has 1 aromatic carbocycles. The number of hydrogen-bond donors (Lipinski definition) is 2. The number of aromatic nitrogens is 2. The van der Waals surface area contributed by atoms with Crippen LogP contribution < -0.4 is 10.6 Å². The van der Waals surface area contributed by atoms with E-state index in [4.69, 9.17) is 11.6 Å². The van der Waals surface area contributed by atoms with Gasteiger partial charge < -0.3 is 10.6 Å². The molecule has 0 aliphatic carbocycles. The minimum atomic E-state index is -0.537. The summed E-state index contributed by atoms with van der Waals surface area (Å²) in [6, 6.07) is 13.0. The Kier molecular flexibility index (Phi) is 5.20. The van der Waals surface area contributed by atoms with Gasteiger partial charge >= 0.3 is 0 Å². The molecule has 126 valence electrons. The minimum absolute atomic E-state index is 0.0509. The zero-order valence-electron chi connectivity index (χ0n) is 13.0. The van der Waals surface area contributed by atoms with E-state index in [2.05, 4.69) is 20.6 Å². The van der Waals surface area contributed by atoms with Gasteiger partial charge in [0.1, 0.15) is 11.6 Å². The van der Waals surface area contributed by atoms with Crippen molar-refractivity contribution in [2.45, 2.75) is 6.54 Å². The lowest BCUT2D eigenvalue weighted by molar-refractivity contribution is 0.102. The third-order valence-electron chi connectivity index (χ3n) is 3.38. The number of carbonyl (C=O) groups excluding carboxylic acids is 1. The predicted molar refractivity (Wildman–Crippen MR) is 95.2 cm³/mol. The second-order valence-electron chi connectivity index (χ2n) is 5.19. The molecule has 0 radical (unpaired) electrons. The van der Waals surface area contributed by atoms with E-state index >= 15 is 0 Å². The van der Waals surface area contributed by atoms with Crippen LogP contribution in [0.3, 0.4) is 0 Å². The molecule has 5 nitrogen and oxygen atoms in total. The first kappa shape index (κ1) is 16.9. The maximum absolute atomic E-state index is 13.1. The highest BCUT2D eigenvalue weighted by Crippen LogP contribution is 2.20. The number of carbonyl (C=O) groups is 1. The van der Waals surface area contributed by atoms with Crippen LogP contribution in [0.15, 0.2) is 60.9 Å². The Morgan fingerprint density at radius 1 is 1.12 bits per heavy atom. The molecular formula is C18H14ClFN4O. The number of nitrogens with zero attached hydrogens (tertiary/aromatic N) is 2. The molecule has 0 fully saturated rings. The lowest BCUT2D eigenvalue weighted by atomic mass is 10.2. The van der Waals surface area contributed by atoms with Gasteiger partial charge in [0.15, 0.2) is 0 Å². The van der Waals surface area contributed by atoms with Crippen molar-refractivity contribution in [1.82, 2.24) is 9.97 Å². The van der Waals surface area contributed by atoms with Crippen molar-refractivity contribution >= 4 is 29.0 Å². The average molecular weight is 357 g/mol. The van der Waals surface area contributed by atoms with Gasteiger partial charge in [0.05, 0.1) is 22.8 Å². The normalized spacial score (nSPS) is 10.3. The molecule has 0 saturated heterocycles. The molecule has 3 aromatic rings. The van der Waals surface area contributed by atoms with Gasteiger partial charge in [0.2, 0.25) is 0 Å². The second-order valence-corrected chi connectivity index (χ2v) is 5.60. The molecule has 2 heterocycles. The van der Waals surface area contributed by atoms with Crippen LogP contribution in [0.5, 0.6) is 0 Å². The molecule has 0 aliphatic rings. The summed E-state index contributed by atoms with van der Waals surface area (Å²) in [4.78, 5) is 20.6. The van der Waals surface area contributed by atoms with Crippen molar-refractivity contribution in [2.75, 3.05) is 10.6 Å². The van der Waals surface area contributed by atoms with Crippen LogP contribution >= 0.6 is 11.6 Å². The smallest absolute Gasteiger partial charge is 0.257 e. The van der Waals surface area contributed by atoms with E-state index in [9.17, 15) is 9.18 Å². The third-order valence-corrected chi connectivity index (χ3v) is 3.67. The quantitative estimate of drug-likeness (QED) is 0.721. The molecule has 3 rings (SSSR count). The van der Waals surface area contributed by atoms with Crippen LogP contribution in [0, 0.1) is 5.82 Å². The van der Waals surface area contributed by atoms with Gasteiger partial charge in [0.25, 0.3) is 5.91 Å². The highest BCUT2D eigenvalue weighted by molar-refractivity contribution is 6.31. The maximum atomic E-state index is 13.1. The zero-order chi connectivity index (χ0) is 17.6. The molecule has 1 amide bonds. The van der Waals surface area contributed by atoms with Crippen LogP contribution in [0.25, 0.3) is 0 Å². The maximum Gasteiger partial charge on any atom is 0.257 e. The summed E-state index contributed by atoms with van der Waals surface area (Å²) in [5, 5.41) is 5.72. The standard InChI is InChI=1S/C18H14ClFN4O/c19-15-9-13(5-6-16(15)20)24-18(25)12-4-7-17(22-10-12)23-11-14-3-1-2-8-21-14/h1-10H,11H2,(H,22,23)(H,24,25). The first-order valence-electron chi connectivity index (χ1n) is 7.48. The molecule has 0 spiro atoms. The molecule has 7 heteroatoms. The SMILES string of the molecule is O=C(Nc1ccc(F)c(Cl)c1)c1ccc(NCc2ccccn2)nc1. The van der Waals surface area contributed by atoms with E-state index in [1.807, 2.05) is 18.2 Å². The van der Waals surface area contributed by atoms with Crippen molar-refractivity contribution in [3.05, 3.63) is 83.0 Å². The van der Waals surface area contributed by atoms with Gasteiger partial charge in [0, 0.05) is 18.1 Å². The van der Waals surface area contributed by atoms with E-state index in [1.165, 1.54) is 24.4 Å². The fourth-order valence-electron chi connectivity index (χ4n) is 2.09. The summed E-state index contributed by atoms with van der Waals surface area (Å²) in [6.45, 7) is 0.535. The Morgan fingerprint density at radius 2 is 2.00 bits per heavy atom. The number of hydrogen-bond acceptors (Lipinski definition) is 4. The van der Waals surface area contributed by atoms with Crippen LogP contribution in [-0.4, -0.2) is 15.9 Å². The number of anilines is 2. The molecule has 2 N–H and O–H groups in total. The Balaban J connectivity index is 1.61. The first-order chi connectivity index (χ1) is 12.1. The lowest BCUT2D eigenvalue weighted by Crippen LogP contribution is -2.12. The summed E-state index contributed by atoms with van der Waals surface area (Å²) in [5.74, 6) is -0.261.